The number of allylic oxidation sites excluding steroid dienone is 4. The lowest BCUT2D eigenvalue weighted by Gasteiger charge is -2.18. The Morgan fingerprint density at radius 1 is 0.292 bits per heavy atom. The Hall–Kier alpha value is -2.11. The highest BCUT2D eigenvalue weighted by Gasteiger charge is 2.19. The maximum Gasteiger partial charge on any atom is 0.306 e. The molecule has 65 heavy (non-hydrogen) atoms. The first-order chi connectivity index (χ1) is 32.0. The fraction of sp³-hybridized carbons (Fsp3) is 0.881. The standard InChI is InChI=1S/C59H110O6/c1-4-7-10-13-16-19-22-25-27-29-30-32-34-37-40-43-46-49-52-58(61)64-55-56(54-63-57(60)51-48-45-42-39-36-33-24-21-18-15-12-9-6-3)65-59(62)53-50-47-44-41-38-35-31-28-26-23-20-17-14-11-8-5-2/h21,24,28,31,56H,4-20,22-23,25-27,29-30,32-55H2,1-3H3/b24-21-,31-28-/t56-/m1/s1. The molecule has 0 aliphatic heterocycles. The number of ether oxygens (including phenoxy) is 3. The largest absolute Gasteiger partial charge is 0.462 e. The summed E-state index contributed by atoms with van der Waals surface area (Å²) in [5, 5.41) is 0. The van der Waals surface area contributed by atoms with Crippen LogP contribution in [0.25, 0.3) is 0 Å². The number of esters is 3. The Morgan fingerprint density at radius 2 is 0.508 bits per heavy atom. The van der Waals surface area contributed by atoms with Gasteiger partial charge in [0.25, 0.3) is 0 Å². The number of hydrogen-bond acceptors (Lipinski definition) is 6. The van der Waals surface area contributed by atoms with Gasteiger partial charge in [0, 0.05) is 19.3 Å². The van der Waals surface area contributed by atoms with Gasteiger partial charge in [0.1, 0.15) is 13.2 Å². The summed E-state index contributed by atoms with van der Waals surface area (Å²) in [5.74, 6) is -0.871. The van der Waals surface area contributed by atoms with Crippen LogP contribution >= 0.6 is 0 Å². The molecular formula is C59H110O6. The van der Waals surface area contributed by atoms with Crippen molar-refractivity contribution >= 4 is 17.9 Å². The molecule has 0 spiro atoms. The quantitative estimate of drug-likeness (QED) is 0.0262. The van der Waals surface area contributed by atoms with Crippen molar-refractivity contribution < 1.29 is 28.6 Å². The van der Waals surface area contributed by atoms with E-state index in [1.54, 1.807) is 0 Å². The molecule has 382 valence electrons. The average molecular weight is 916 g/mol. The molecule has 0 amide bonds. The number of carbonyl (C=O) groups is 3. The molecule has 6 heteroatoms. The van der Waals surface area contributed by atoms with Crippen molar-refractivity contribution in [2.24, 2.45) is 0 Å². The van der Waals surface area contributed by atoms with Crippen molar-refractivity contribution in [1.82, 2.24) is 0 Å². The van der Waals surface area contributed by atoms with Crippen LogP contribution in [0.2, 0.25) is 0 Å². The molecule has 0 aromatic carbocycles. The molecule has 0 N–H and O–H groups in total. The van der Waals surface area contributed by atoms with E-state index in [2.05, 4.69) is 45.1 Å². The molecule has 0 saturated carbocycles. The SMILES string of the molecule is CCCCCC/C=C\CCCCCCCC(=O)OC[C@H](COC(=O)CCCCCCCCCCCCCCCCCCCC)OC(=O)CCCCCCC/C=C\CCCCCCCCC. The van der Waals surface area contributed by atoms with Crippen LogP contribution in [0.1, 0.15) is 316 Å². The predicted octanol–water partition coefficient (Wildman–Crippen LogP) is 19.1. The predicted molar refractivity (Wildman–Crippen MR) is 279 cm³/mol. The van der Waals surface area contributed by atoms with E-state index in [1.807, 2.05) is 0 Å². The van der Waals surface area contributed by atoms with E-state index in [0.29, 0.717) is 19.3 Å². The number of carbonyl (C=O) groups excluding carboxylic acids is 3. The third-order valence-electron chi connectivity index (χ3n) is 12.9. The van der Waals surface area contributed by atoms with Gasteiger partial charge in [-0.2, -0.15) is 0 Å². The van der Waals surface area contributed by atoms with E-state index in [-0.39, 0.29) is 31.1 Å². The molecular weight excluding hydrogens is 805 g/mol. The normalized spacial score (nSPS) is 12.1. The molecule has 0 aromatic rings. The minimum Gasteiger partial charge on any atom is -0.462 e. The van der Waals surface area contributed by atoms with E-state index < -0.39 is 6.10 Å². The second kappa shape index (κ2) is 54.5. The van der Waals surface area contributed by atoms with Crippen LogP contribution in [0, 0.1) is 0 Å². The van der Waals surface area contributed by atoms with Gasteiger partial charge in [0.2, 0.25) is 0 Å². The third kappa shape index (κ3) is 52.7. The van der Waals surface area contributed by atoms with Crippen LogP contribution in [0.5, 0.6) is 0 Å². The van der Waals surface area contributed by atoms with Gasteiger partial charge in [-0.05, 0) is 70.6 Å². The summed E-state index contributed by atoms with van der Waals surface area (Å²) >= 11 is 0. The lowest BCUT2D eigenvalue weighted by Crippen LogP contribution is -2.30. The fourth-order valence-corrected chi connectivity index (χ4v) is 8.55. The highest BCUT2D eigenvalue weighted by molar-refractivity contribution is 5.71. The maximum absolute atomic E-state index is 12.8. The van der Waals surface area contributed by atoms with E-state index in [4.69, 9.17) is 14.2 Å². The first-order valence-corrected chi connectivity index (χ1v) is 28.8. The summed E-state index contributed by atoms with van der Waals surface area (Å²) in [7, 11) is 0. The molecule has 0 fully saturated rings. The zero-order valence-electron chi connectivity index (χ0n) is 43.8. The van der Waals surface area contributed by atoms with Gasteiger partial charge in [-0.1, -0.05) is 251 Å². The Morgan fingerprint density at radius 3 is 0.785 bits per heavy atom. The fourth-order valence-electron chi connectivity index (χ4n) is 8.55. The first-order valence-electron chi connectivity index (χ1n) is 28.8. The second-order valence-electron chi connectivity index (χ2n) is 19.6. The lowest BCUT2D eigenvalue weighted by atomic mass is 10.0. The molecule has 0 heterocycles. The molecule has 0 rings (SSSR count). The molecule has 0 bridgehead atoms. The molecule has 0 unspecified atom stereocenters. The summed E-state index contributed by atoms with van der Waals surface area (Å²) < 4.78 is 16.9. The van der Waals surface area contributed by atoms with Crippen LogP contribution in [-0.4, -0.2) is 37.2 Å². The lowest BCUT2D eigenvalue weighted by molar-refractivity contribution is -0.167. The molecule has 0 radical (unpaired) electrons. The molecule has 6 nitrogen and oxygen atoms in total. The zero-order valence-corrected chi connectivity index (χ0v) is 43.8. The summed E-state index contributed by atoms with van der Waals surface area (Å²) in [6.45, 7) is 6.65. The minimum atomic E-state index is -0.775. The van der Waals surface area contributed by atoms with Crippen LogP contribution in [0.4, 0.5) is 0 Å². The van der Waals surface area contributed by atoms with Crippen LogP contribution in [0.15, 0.2) is 24.3 Å². The Labute approximate surface area is 404 Å². The molecule has 0 aliphatic rings. The van der Waals surface area contributed by atoms with Gasteiger partial charge in [0.15, 0.2) is 6.10 Å². The Bertz CT molecular complexity index is 1050. The van der Waals surface area contributed by atoms with Gasteiger partial charge < -0.3 is 14.2 Å². The molecule has 1 atom stereocenters. The van der Waals surface area contributed by atoms with Gasteiger partial charge in [-0.15, -0.1) is 0 Å². The Balaban J connectivity index is 4.33. The molecule has 0 aromatic heterocycles. The smallest absolute Gasteiger partial charge is 0.306 e. The highest BCUT2D eigenvalue weighted by atomic mass is 16.6. The van der Waals surface area contributed by atoms with Crippen molar-refractivity contribution in [3.05, 3.63) is 24.3 Å². The van der Waals surface area contributed by atoms with Gasteiger partial charge >= 0.3 is 17.9 Å². The van der Waals surface area contributed by atoms with Crippen molar-refractivity contribution in [2.75, 3.05) is 13.2 Å². The third-order valence-corrected chi connectivity index (χ3v) is 12.9. The summed E-state index contributed by atoms with van der Waals surface area (Å²) in [4.78, 5) is 38.1. The van der Waals surface area contributed by atoms with Gasteiger partial charge in [-0.3, -0.25) is 14.4 Å². The van der Waals surface area contributed by atoms with Crippen molar-refractivity contribution in [3.63, 3.8) is 0 Å². The van der Waals surface area contributed by atoms with Gasteiger partial charge in [0.05, 0.1) is 0 Å². The first kappa shape index (κ1) is 62.9. The summed E-state index contributed by atoms with van der Waals surface area (Å²) in [5.41, 5.74) is 0. The maximum atomic E-state index is 12.8. The second-order valence-corrected chi connectivity index (χ2v) is 19.6. The molecule has 0 saturated heterocycles. The van der Waals surface area contributed by atoms with Gasteiger partial charge in [-0.25, -0.2) is 0 Å². The monoisotopic (exact) mass is 915 g/mol. The van der Waals surface area contributed by atoms with Crippen molar-refractivity contribution in [1.29, 1.82) is 0 Å². The Kier molecular flexibility index (Phi) is 52.7. The minimum absolute atomic E-state index is 0.0729. The van der Waals surface area contributed by atoms with E-state index in [1.165, 1.54) is 205 Å². The number of rotatable bonds is 53. The summed E-state index contributed by atoms with van der Waals surface area (Å²) in [6, 6.07) is 0. The molecule has 0 aliphatic carbocycles. The summed E-state index contributed by atoms with van der Waals surface area (Å²) in [6.07, 6.45) is 63.1. The average Bonchev–Trinajstić information content (AvgIpc) is 3.30. The number of unbranched alkanes of at least 4 members (excludes halogenated alkanes) is 38. The van der Waals surface area contributed by atoms with Crippen LogP contribution in [-0.2, 0) is 28.6 Å². The van der Waals surface area contributed by atoms with Crippen molar-refractivity contribution in [3.8, 4) is 0 Å². The van der Waals surface area contributed by atoms with Crippen LogP contribution < -0.4 is 0 Å². The van der Waals surface area contributed by atoms with E-state index in [9.17, 15) is 14.4 Å². The topological polar surface area (TPSA) is 78.9 Å². The van der Waals surface area contributed by atoms with Crippen LogP contribution in [0.3, 0.4) is 0 Å². The number of hydrogen-bond donors (Lipinski definition) is 0. The van der Waals surface area contributed by atoms with Crippen molar-refractivity contribution in [2.45, 2.75) is 322 Å². The van der Waals surface area contributed by atoms with E-state index in [0.717, 1.165) is 70.6 Å². The zero-order chi connectivity index (χ0) is 47.2. The van der Waals surface area contributed by atoms with E-state index >= 15 is 0 Å². The highest BCUT2D eigenvalue weighted by Crippen LogP contribution is 2.17.